The number of nitrogens with zero attached hydrogens (tertiary/aromatic N) is 1. The van der Waals surface area contributed by atoms with Gasteiger partial charge in [0.05, 0.1) is 18.0 Å². The number of rotatable bonds is 8. The van der Waals surface area contributed by atoms with Crippen LogP contribution in [0.25, 0.3) is 11.0 Å². The average Bonchev–Trinajstić information content (AvgIpc) is 3.16. The minimum absolute atomic E-state index is 0.175. The van der Waals surface area contributed by atoms with E-state index < -0.39 is 10.0 Å². The van der Waals surface area contributed by atoms with Gasteiger partial charge in [0.25, 0.3) is 0 Å². The number of ether oxygens (including phenoxy) is 1. The van der Waals surface area contributed by atoms with Crippen molar-refractivity contribution in [3.05, 3.63) is 65.4 Å². The Bertz CT molecular complexity index is 1220. The van der Waals surface area contributed by atoms with E-state index in [0.29, 0.717) is 36.6 Å². The number of furan rings is 1. The molecule has 1 fully saturated rings. The zero-order valence-corrected chi connectivity index (χ0v) is 19.9. The zero-order valence-electron chi connectivity index (χ0n) is 19.0. The van der Waals surface area contributed by atoms with Crippen LogP contribution in [-0.4, -0.2) is 45.5 Å². The molecule has 1 aliphatic rings. The molecule has 7 nitrogen and oxygen atoms in total. The molecule has 1 atom stereocenters. The molecule has 8 heteroatoms. The Balaban J connectivity index is 1.44. The molecule has 2 aromatic carbocycles. The van der Waals surface area contributed by atoms with Crippen molar-refractivity contribution in [2.24, 2.45) is 5.92 Å². The van der Waals surface area contributed by atoms with Gasteiger partial charge in [-0.1, -0.05) is 35.9 Å². The summed E-state index contributed by atoms with van der Waals surface area (Å²) in [7, 11) is -3.54. The van der Waals surface area contributed by atoms with E-state index in [1.54, 1.807) is 31.2 Å². The molecule has 0 radical (unpaired) electrons. The first-order valence-corrected chi connectivity index (χ1v) is 12.8. The first-order valence-electron chi connectivity index (χ1n) is 11.3. The van der Waals surface area contributed by atoms with Crippen molar-refractivity contribution in [2.75, 3.05) is 26.2 Å². The molecule has 0 aliphatic carbocycles. The van der Waals surface area contributed by atoms with Crippen LogP contribution in [0, 0.1) is 12.8 Å². The predicted molar refractivity (Wildman–Crippen MR) is 127 cm³/mol. The maximum atomic E-state index is 12.6. The molecule has 1 saturated heterocycles. The van der Waals surface area contributed by atoms with E-state index in [9.17, 15) is 13.2 Å². The number of hydrogen-bond donors (Lipinski definition) is 1. The Morgan fingerprint density at radius 1 is 1.18 bits per heavy atom. The second-order valence-electron chi connectivity index (χ2n) is 8.53. The van der Waals surface area contributed by atoms with E-state index in [-0.39, 0.29) is 16.8 Å². The zero-order chi connectivity index (χ0) is 23.4. The van der Waals surface area contributed by atoms with Gasteiger partial charge < -0.3 is 9.15 Å². The average molecular weight is 471 g/mol. The van der Waals surface area contributed by atoms with Gasteiger partial charge in [-0.25, -0.2) is 17.9 Å². The lowest BCUT2D eigenvalue weighted by molar-refractivity contribution is 0.0523. The third-order valence-electron chi connectivity index (χ3n) is 6.01. The number of hydrogen-bond acceptors (Lipinski definition) is 6. The summed E-state index contributed by atoms with van der Waals surface area (Å²) < 4.78 is 39.4. The summed E-state index contributed by atoms with van der Waals surface area (Å²) in [5, 5.41) is 0.755. The Hall–Kier alpha value is -2.68. The highest BCUT2D eigenvalue weighted by Gasteiger charge is 2.27. The summed E-state index contributed by atoms with van der Waals surface area (Å²) in [5.74, 6) is 0.391. The van der Waals surface area contributed by atoms with Crippen molar-refractivity contribution < 1.29 is 22.4 Å². The molecule has 1 N–H and O–H groups in total. The normalized spacial score (nSPS) is 17.3. The molecule has 1 unspecified atom stereocenters. The molecule has 1 aromatic heterocycles. The maximum Gasteiger partial charge on any atom is 0.342 e. The van der Waals surface area contributed by atoms with Gasteiger partial charge in [-0.3, -0.25) is 4.90 Å². The smallest absolute Gasteiger partial charge is 0.342 e. The van der Waals surface area contributed by atoms with Crippen molar-refractivity contribution >= 4 is 27.0 Å². The number of sulfonamides is 1. The number of likely N-dealkylation sites (tertiary alicyclic amines) is 1. The van der Waals surface area contributed by atoms with Crippen LogP contribution in [0.4, 0.5) is 0 Å². The summed E-state index contributed by atoms with van der Waals surface area (Å²) in [4.78, 5) is 15.1. The van der Waals surface area contributed by atoms with E-state index in [1.807, 2.05) is 31.2 Å². The SMILES string of the molecule is CCOC(=O)c1c(CN2CCCC(CNS(=O)(=O)c3ccc(C)cc3)C2)oc2ccccc12. The number of carbonyl (C=O) groups is 1. The van der Waals surface area contributed by atoms with Crippen molar-refractivity contribution in [1.29, 1.82) is 0 Å². The maximum absolute atomic E-state index is 12.6. The Morgan fingerprint density at radius 3 is 2.70 bits per heavy atom. The molecule has 0 amide bonds. The van der Waals surface area contributed by atoms with Gasteiger partial charge in [0.15, 0.2) is 0 Å². The van der Waals surface area contributed by atoms with Gasteiger partial charge >= 0.3 is 5.97 Å². The molecule has 0 bridgehead atoms. The van der Waals surface area contributed by atoms with Gasteiger partial charge in [-0.2, -0.15) is 0 Å². The van der Waals surface area contributed by atoms with Crippen LogP contribution >= 0.6 is 0 Å². The topological polar surface area (TPSA) is 88.9 Å². The lowest BCUT2D eigenvalue weighted by Gasteiger charge is -2.32. The molecule has 4 rings (SSSR count). The lowest BCUT2D eigenvalue weighted by atomic mass is 9.98. The molecule has 0 spiro atoms. The molecule has 1 aliphatic heterocycles. The van der Waals surface area contributed by atoms with Gasteiger partial charge in [-0.15, -0.1) is 0 Å². The highest BCUT2D eigenvalue weighted by molar-refractivity contribution is 7.89. The minimum Gasteiger partial charge on any atom is -0.462 e. The van der Waals surface area contributed by atoms with E-state index in [1.165, 1.54) is 0 Å². The van der Waals surface area contributed by atoms with Crippen LogP contribution < -0.4 is 4.72 Å². The van der Waals surface area contributed by atoms with Crippen molar-refractivity contribution in [3.8, 4) is 0 Å². The predicted octanol–water partition coefficient (Wildman–Crippen LogP) is 4.11. The Kier molecular flexibility index (Phi) is 7.17. The minimum atomic E-state index is -3.54. The fraction of sp³-hybridized carbons (Fsp3) is 0.400. The van der Waals surface area contributed by atoms with Gasteiger partial charge in [0.1, 0.15) is 16.9 Å². The van der Waals surface area contributed by atoms with Crippen LogP contribution in [-0.2, 0) is 21.3 Å². The van der Waals surface area contributed by atoms with Crippen molar-refractivity contribution in [1.82, 2.24) is 9.62 Å². The van der Waals surface area contributed by atoms with Crippen molar-refractivity contribution in [2.45, 2.75) is 38.1 Å². The summed E-state index contributed by atoms with van der Waals surface area (Å²) in [5.41, 5.74) is 2.16. The van der Waals surface area contributed by atoms with Gasteiger partial charge in [0, 0.05) is 18.5 Å². The molecular weight excluding hydrogens is 440 g/mol. The van der Waals surface area contributed by atoms with E-state index >= 15 is 0 Å². The van der Waals surface area contributed by atoms with Crippen LogP contribution in [0.15, 0.2) is 57.8 Å². The largest absolute Gasteiger partial charge is 0.462 e. The van der Waals surface area contributed by atoms with Crippen LogP contribution in [0.2, 0.25) is 0 Å². The van der Waals surface area contributed by atoms with E-state index in [0.717, 1.165) is 36.9 Å². The quantitative estimate of drug-likeness (QED) is 0.499. The second kappa shape index (κ2) is 10.1. The number of benzene rings is 2. The number of fused-ring (bicyclic) bond motifs is 1. The molecule has 176 valence electrons. The van der Waals surface area contributed by atoms with Gasteiger partial charge in [0.2, 0.25) is 10.0 Å². The van der Waals surface area contributed by atoms with E-state index in [4.69, 9.17) is 9.15 Å². The third kappa shape index (κ3) is 5.46. The summed E-state index contributed by atoms with van der Waals surface area (Å²) >= 11 is 0. The van der Waals surface area contributed by atoms with Gasteiger partial charge in [-0.05, 0) is 57.4 Å². The monoisotopic (exact) mass is 470 g/mol. The fourth-order valence-corrected chi connectivity index (χ4v) is 5.44. The molecule has 3 aromatic rings. The number of piperidine rings is 1. The number of aryl methyl sites for hydroxylation is 1. The summed E-state index contributed by atoms with van der Waals surface area (Å²) in [6.07, 6.45) is 1.89. The fourth-order valence-electron chi connectivity index (χ4n) is 4.33. The summed E-state index contributed by atoms with van der Waals surface area (Å²) in [6, 6.07) is 14.3. The van der Waals surface area contributed by atoms with Crippen LogP contribution in [0.1, 0.15) is 41.4 Å². The van der Waals surface area contributed by atoms with Crippen molar-refractivity contribution in [3.63, 3.8) is 0 Å². The molecule has 33 heavy (non-hydrogen) atoms. The standard InChI is InChI=1S/C25H30N2O5S/c1-3-31-25(28)24-21-8-4-5-9-22(21)32-23(24)17-27-14-6-7-19(16-27)15-26-33(29,30)20-12-10-18(2)11-13-20/h4-5,8-13,19,26H,3,6-7,14-17H2,1-2H3. The highest BCUT2D eigenvalue weighted by atomic mass is 32.2. The highest BCUT2D eigenvalue weighted by Crippen LogP contribution is 2.29. The van der Waals surface area contributed by atoms with Crippen LogP contribution in [0.3, 0.4) is 0 Å². The number of para-hydroxylation sites is 1. The number of esters is 1. The summed E-state index contributed by atoms with van der Waals surface area (Å²) in [6.45, 7) is 6.44. The molecule has 0 saturated carbocycles. The number of carbonyl (C=O) groups excluding carboxylic acids is 1. The van der Waals surface area contributed by atoms with E-state index in [2.05, 4.69) is 9.62 Å². The Morgan fingerprint density at radius 2 is 1.94 bits per heavy atom. The van der Waals surface area contributed by atoms with Crippen LogP contribution in [0.5, 0.6) is 0 Å². The first kappa shape index (κ1) is 23.5. The molecular formula is C25H30N2O5S. The first-order chi connectivity index (χ1) is 15.9. The Labute approximate surface area is 194 Å². The number of nitrogens with one attached hydrogen (secondary N) is 1. The second-order valence-corrected chi connectivity index (χ2v) is 10.3. The lowest BCUT2D eigenvalue weighted by Crippen LogP contribution is -2.40. The third-order valence-corrected chi connectivity index (χ3v) is 7.45. The molecule has 2 heterocycles.